The van der Waals surface area contributed by atoms with Crippen LogP contribution in [0.15, 0.2) is 70.7 Å². The molecule has 10 heteroatoms. The summed E-state index contributed by atoms with van der Waals surface area (Å²) in [6.07, 6.45) is 1.35. The largest absolute Gasteiger partial charge is 0.487 e. The number of imide groups is 2. The molecular formula is C24H14BrCl3N2O4. The summed E-state index contributed by atoms with van der Waals surface area (Å²) in [6, 6.07) is 15.9. The van der Waals surface area contributed by atoms with E-state index >= 15 is 0 Å². The highest BCUT2D eigenvalue weighted by atomic mass is 79.9. The van der Waals surface area contributed by atoms with Crippen molar-refractivity contribution in [2.45, 2.75) is 6.61 Å². The van der Waals surface area contributed by atoms with Crippen LogP contribution in [-0.4, -0.2) is 17.8 Å². The van der Waals surface area contributed by atoms with E-state index < -0.39 is 17.8 Å². The van der Waals surface area contributed by atoms with E-state index in [2.05, 4.69) is 21.2 Å². The molecule has 0 radical (unpaired) electrons. The molecule has 172 valence electrons. The maximum atomic E-state index is 13.0. The van der Waals surface area contributed by atoms with Gasteiger partial charge in [0.05, 0.1) is 20.8 Å². The second kappa shape index (κ2) is 10.2. The molecule has 34 heavy (non-hydrogen) atoms. The predicted molar refractivity (Wildman–Crippen MR) is 135 cm³/mol. The highest BCUT2D eigenvalue weighted by Crippen LogP contribution is 2.31. The third-order valence-electron chi connectivity index (χ3n) is 4.84. The van der Waals surface area contributed by atoms with Crippen molar-refractivity contribution in [2.24, 2.45) is 0 Å². The first-order valence-electron chi connectivity index (χ1n) is 9.76. The first-order valence-corrected chi connectivity index (χ1v) is 11.7. The lowest BCUT2D eigenvalue weighted by molar-refractivity contribution is -0.122. The van der Waals surface area contributed by atoms with Crippen molar-refractivity contribution in [2.75, 3.05) is 4.90 Å². The molecule has 0 aliphatic carbocycles. The van der Waals surface area contributed by atoms with Crippen LogP contribution < -0.4 is 15.0 Å². The zero-order valence-corrected chi connectivity index (χ0v) is 21.0. The number of carbonyl (C=O) groups excluding carboxylic acids is 3. The lowest BCUT2D eigenvalue weighted by atomic mass is 10.1. The van der Waals surface area contributed by atoms with Gasteiger partial charge in [-0.05, 0) is 59.7 Å². The third kappa shape index (κ3) is 5.28. The number of rotatable bonds is 5. The highest BCUT2D eigenvalue weighted by molar-refractivity contribution is 9.10. The quantitative estimate of drug-likeness (QED) is 0.271. The van der Waals surface area contributed by atoms with E-state index in [0.717, 1.165) is 14.9 Å². The molecule has 1 N–H and O–H groups in total. The Morgan fingerprint density at radius 3 is 2.29 bits per heavy atom. The smallest absolute Gasteiger partial charge is 0.335 e. The van der Waals surface area contributed by atoms with Gasteiger partial charge in [-0.15, -0.1) is 0 Å². The van der Waals surface area contributed by atoms with Crippen molar-refractivity contribution in [3.63, 3.8) is 0 Å². The molecule has 4 rings (SSSR count). The van der Waals surface area contributed by atoms with Gasteiger partial charge in [-0.2, -0.15) is 0 Å². The molecule has 1 aliphatic rings. The number of hydrogen-bond acceptors (Lipinski definition) is 4. The fraction of sp³-hybridized carbons (Fsp3) is 0.0417. The molecule has 0 spiro atoms. The van der Waals surface area contributed by atoms with Gasteiger partial charge < -0.3 is 4.74 Å². The average Bonchev–Trinajstić information content (AvgIpc) is 2.79. The number of hydrogen-bond donors (Lipinski definition) is 1. The van der Waals surface area contributed by atoms with Crippen LogP contribution in [-0.2, 0) is 16.2 Å². The van der Waals surface area contributed by atoms with Gasteiger partial charge in [0.15, 0.2) is 0 Å². The van der Waals surface area contributed by atoms with Gasteiger partial charge in [0.1, 0.15) is 17.9 Å². The second-order valence-electron chi connectivity index (χ2n) is 7.16. The van der Waals surface area contributed by atoms with E-state index in [1.54, 1.807) is 18.2 Å². The summed E-state index contributed by atoms with van der Waals surface area (Å²) in [5.74, 6) is -1.18. The van der Waals surface area contributed by atoms with E-state index in [4.69, 9.17) is 39.5 Å². The topological polar surface area (TPSA) is 75.7 Å². The molecule has 3 aromatic rings. The lowest BCUT2D eigenvalue weighted by Gasteiger charge is -2.26. The molecule has 0 atom stereocenters. The maximum Gasteiger partial charge on any atom is 0.335 e. The molecular weight excluding hydrogens is 567 g/mol. The Balaban J connectivity index is 1.56. The second-order valence-corrected chi connectivity index (χ2v) is 9.30. The summed E-state index contributed by atoms with van der Waals surface area (Å²) in [6.45, 7) is 0.315. The average molecular weight is 581 g/mol. The van der Waals surface area contributed by atoms with Crippen LogP contribution in [0.4, 0.5) is 10.5 Å². The van der Waals surface area contributed by atoms with E-state index in [9.17, 15) is 14.4 Å². The van der Waals surface area contributed by atoms with Crippen LogP contribution in [0, 0.1) is 0 Å². The normalized spacial score (nSPS) is 15.0. The number of urea groups is 1. The molecule has 1 saturated heterocycles. The Labute approximate surface area is 218 Å². The molecule has 1 fully saturated rings. The minimum absolute atomic E-state index is 0.160. The number of halogens is 4. The molecule has 0 bridgehead atoms. The SMILES string of the molecule is O=C1NC(=O)N(c2ccc(Cl)c(Cl)c2)C(=O)/C1=C/c1ccc(OCc2ccc(Br)cc2)c(Cl)c1. The van der Waals surface area contributed by atoms with Crippen molar-refractivity contribution >= 4 is 80.3 Å². The number of ether oxygens (including phenoxy) is 1. The zero-order valence-electron chi connectivity index (χ0n) is 17.2. The van der Waals surface area contributed by atoms with Crippen LogP contribution in [0.1, 0.15) is 11.1 Å². The van der Waals surface area contributed by atoms with Crippen LogP contribution in [0.25, 0.3) is 6.08 Å². The van der Waals surface area contributed by atoms with Crippen molar-refractivity contribution in [3.8, 4) is 5.75 Å². The minimum Gasteiger partial charge on any atom is -0.487 e. The molecule has 1 aliphatic heterocycles. The van der Waals surface area contributed by atoms with Gasteiger partial charge in [0.2, 0.25) is 0 Å². The molecule has 3 aromatic carbocycles. The van der Waals surface area contributed by atoms with Crippen molar-refractivity contribution in [1.82, 2.24) is 5.32 Å². The third-order valence-corrected chi connectivity index (χ3v) is 6.40. The van der Waals surface area contributed by atoms with Crippen LogP contribution in [0.5, 0.6) is 5.75 Å². The van der Waals surface area contributed by atoms with Gasteiger partial charge >= 0.3 is 6.03 Å². The summed E-state index contributed by atoms with van der Waals surface area (Å²) in [7, 11) is 0. The monoisotopic (exact) mass is 578 g/mol. The molecule has 0 unspecified atom stereocenters. The predicted octanol–water partition coefficient (Wildman–Crippen LogP) is 6.65. The molecule has 0 aromatic heterocycles. The number of amides is 4. The van der Waals surface area contributed by atoms with E-state index in [0.29, 0.717) is 22.9 Å². The fourth-order valence-corrected chi connectivity index (χ4v) is 3.95. The van der Waals surface area contributed by atoms with Crippen molar-refractivity contribution in [3.05, 3.63) is 96.9 Å². The standard InChI is InChI=1S/C24H14BrCl3N2O4/c25-15-4-1-13(2-5-15)12-34-21-8-3-14(10-20(21)28)9-17-22(31)29-24(33)30(23(17)32)16-6-7-18(26)19(27)11-16/h1-11H,12H2,(H,29,31,33)/b17-9+. The Hall–Kier alpha value is -2.84. The van der Waals surface area contributed by atoms with Gasteiger partial charge in [0, 0.05) is 4.47 Å². The Morgan fingerprint density at radius 2 is 1.62 bits per heavy atom. The maximum absolute atomic E-state index is 13.0. The number of nitrogens with one attached hydrogen (secondary N) is 1. The van der Waals surface area contributed by atoms with Gasteiger partial charge in [0.25, 0.3) is 11.8 Å². The first kappa shape index (κ1) is 24.3. The molecule has 0 saturated carbocycles. The summed E-state index contributed by atoms with van der Waals surface area (Å²) >= 11 is 21.7. The Kier molecular flexibility index (Phi) is 7.28. The summed E-state index contributed by atoms with van der Waals surface area (Å²) in [4.78, 5) is 38.6. The van der Waals surface area contributed by atoms with E-state index in [1.165, 1.54) is 24.3 Å². The van der Waals surface area contributed by atoms with Gasteiger partial charge in [-0.25, -0.2) is 9.69 Å². The highest BCUT2D eigenvalue weighted by Gasteiger charge is 2.37. The molecule has 6 nitrogen and oxygen atoms in total. The Morgan fingerprint density at radius 1 is 0.882 bits per heavy atom. The summed E-state index contributed by atoms with van der Waals surface area (Å²) < 4.78 is 6.73. The minimum atomic E-state index is -0.889. The van der Waals surface area contributed by atoms with Crippen molar-refractivity contribution in [1.29, 1.82) is 0 Å². The van der Waals surface area contributed by atoms with Crippen LogP contribution >= 0.6 is 50.7 Å². The summed E-state index contributed by atoms with van der Waals surface area (Å²) in [5.41, 5.74) is 1.36. The number of nitrogens with zero attached hydrogens (tertiary/aromatic N) is 1. The van der Waals surface area contributed by atoms with Crippen molar-refractivity contribution < 1.29 is 19.1 Å². The first-order chi connectivity index (χ1) is 16.2. The lowest BCUT2D eigenvalue weighted by Crippen LogP contribution is -2.54. The molecule has 4 amide bonds. The number of anilines is 1. The van der Waals surface area contributed by atoms with Gasteiger partial charge in [-0.1, -0.05) is 68.9 Å². The zero-order chi connectivity index (χ0) is 24.4. The van der Waals surface area contributed by atoms with Crippen LogP contribution in [0.3, 0.4) is 0 Å². The summed E-state index contributed by atoms with van der Waals surface area (Å²) in [5, 5.41) is 2.87. The number of carbonyl (C=O) groups is 3. The number of benzene rings is 3. The number of barbiturate groups is 1. The van der Waals surface area contributed by atoms with Crippen LogP contribution in [0.2, 0.25) is 15.1 Å². The Bertz CT molecular complexity index is 1340. The van der Waals surface area contributed by atoms with E-state index in [1.807, 2.05) is 24.3 Å². The fourth-order valence-electron chi connectivity index (χ4n) is 3.15. The molecule has 1 heterocycles. The van der Waals surface area contributed by atoms with Gasteiger partial charge in [-0.3, -0.25) is 14.9 Å². The van der Waals surface area contributed by atoms with E-state index in [-0.39, 0.29) is 21.3 Å².